The topological polar surface area (TPSA) is 29.0 Å². The second-order valence-corrected chi connectivity index (χ2v) is 5.80. The molecule has 1 aromatic carbocycles. The normalized spacial score (nSPS) is 14.6. The molecule has 1 fully saturated rings. The van der Waals surface area contributed by atoms with Crippen LogP contribution >= 0.6 is 0 Å². The van der Waals surface area contributed by atoms with Crippen LogP contribution in [0.15, 0.2) is 42.7 Å². The van der Waals surface area contributed by atoms with Crippen molar-refractivity contribution >= 4 is 5.95 Å². The van der Waals surface area contributed by atoms with E-state index in [-0.39, 0.29) is 0 Å². The molecular formula is C17H21N3. The van der Waals surface area contributed by atoms with Crippen LogP contribution in [0.25, 0.3) is 0 Å². The maximum absolute atomic E-state index is 4.40. The van der Waals surface area contributed by atoms with Gasteiger partial charge in [-0.1, -0.05) is 38.1 Å². The predicted octanol–water partition coefficient (Wildman–Crippen LogP) is 3.77. The van der Waals surface area contributed by atoms with Crippen LogP contribution in [0.2, 0.25) is 0 Å². The molecular weight excluding hydrogens is 246 g/mol. The summed E-state index contributed by atoms with van der Waals surface area (Å²) >= 11 is 0. The van der Waals surface area contributed by atoms with E-state index in [4.69, 9.17) is 0 Å². The highest BCUT2D eigenvalue weighted by molar-refractivity contribution is 5.36. The molecule has 1 aliphatic rings. The molecule has 1 heterocycles. The van der Waals surface area contributed by atoms with Crippen molar-refractivity contribution in [1.82, 2.24) is 9.97 Å². The fraction of sp³-hybridized carbons (Fsp3) is 0.412. The Bertz CT molecular complexity index is 544. The Morgan fingerprint density at radius 1 is 1.10 bits per heavy atom. The first kappa shape index (κ1) is 13.1. The summed E-state index contributed by atoms with van der Waals surface area (Å²) < 4.78 is 0. The van der Waals surface area contributed by atoms with Gasteiger partial charge in [-0.2, -0.15) is 0 Å². The molecule has 1 saturated carbocycles. The Kier molecular flexibility index (Phi) is 3.68. The van der Waals surface area contributed by atoms with Crippen LogP contribution in [0.1, 0.15) is 43.7 Å². The van der Waals surface area contributed by atoms with Crippen molar-refractivity contribution in [2.75, 3.05) is 4.90 Å². The molecule has 3 nitrogen and oxygen atoms in total. The van der Waals surface area contributed by atoms with Gasteiger partial charge in [0.05, 0.1) is 0 Å². The Hall–Kier alpha value is -1.90. The first-order valence-electron chi connectivity index (χ1n) is 7.36. The monoisotopic (exact) mass is 267 g/mol. The molecule has 1 aliphatic carbocycles. The van der Waals surface area contributed by atoms with Crippen LogP contribution in [0.5, 0.6) is 0 Å². The SMILES string of the molecule is CC(C)c1ccc(CN(c2ncccn2)C2CC2)cc1. The maximum Gasteiger partial charge on any atom is 0.225 e. The fourth-order valence-electron chi connectivity index (χ4n) is 2.39. The van der Waals surface area contributed by atoms with E-state index in [1.165, 1.54) is 24.0 Å². The molecule has 0 radical (unpaired) electrons. The molecule has 0 amide bonds. The van der Waals surface area contributed by atoms with Crippen molar-refractivity contribution in [3.05, 3.63) is 53.9 Å². The second-order valence-electron chi connectivity index (χ2n) is 5.80. The first-order chi connectivity index (χ1) is 9.74. The molecule has 0 saturated heterocycles. The van der Waals surface area contributed by atoms with Gasteiger partial charge in [-0.05, 0) is 36.0 Å². The van der Waals surface area contributed by atoms with Crippen LogP contribution < -0.4 is 4.90 Å². The molecule has 20 heavy (non-hydrogen) atoms. The van der Waals surface area contributed by atoms with Gasteiger partial charge in [0.15, 0.2) is 0 Å². The zero-order valence-corrected chi connectivity index (χ0v) is 12.2. The van der Waals surface area contributed by atoms with Gasteiger partial charge in [0.1, 0.15) is 0 Å². The summed E-state index contributed by atoms with van der Waals surface area (Å²) in [6, 6.07) is 11.4. The van der Waals surface area contributed by atoms with E-state index in [9.17, 15) is 0 Å². The Morgan fingerprint density at radius 2 is 1.75 bits per heavy atom. The third-order valence-corrected chi connectivity index (χ3v) is 3.80. The third-order valence-electron chi connectivity index (χ3n) is 3.80. The van der Waals surface area contributed by atoms with Crippen LogP contribution in [-0.2, 0) is 6.54 Å². The average molecular weight is 267 g/mol. The summed E-state index contributed by atoms with van der Waals surface area (Å²) in [6.45, 7) is 5.35. The van der Waals surface area contributed by atoms with Gasteiger partial charge in [0.25, 0.3) is 0 Å². The van der Waals surface area contributed by atoms with Crippen molar-refractivity contribution in [3.63, 3.8) is 0 Å². The molecule has 0 bridgehead atoms. The van der Waals surface area contributed by atoms with E-state index in [0.29, 0.717) is 12.0 Å². The quantitative estimate of drug-likeness (QED) is 0.825. The molecule has 1 aromatic heterocycles. The van der Waals surface area contributed by atoms with Crippen molar-refractivity contribution in [1.29, 1.82) is 0 Å². The van der Waals surface area contributed by atoms with Crippen molar-refractivity contribution in [2.24, 2.45) is 0 Å². The highest BCUT2D eigenvalue weighted by atomic mass is 15.3. The minimum Gasteiger partial charge on any atom is -0.334 e. The number of nitrogens with zero attached hydrogens (tertiary/aromatic N) is 3. The molecule has 0 N–H and O–H groups in total. The number of hydrogen-bond donors (Lipinski definition) is 0. The lowest BCUT2D eigenvalue weighted by Gasteiger charge is -2.22. The smallest absolute Gasteiger partial charge is 0.225 e. The molecule has 3 heteroatoms. The Labute approximate surface area is 120 Å². The lowest BCUT2D eigenvalue weighted by atomic mass is 10.0. The highest BCUT2D eigenvalue weighted by Gasteiger charge is 2.30. The standard InChI is InChI=1S/C17H21N3/c1-13(2)15-6-4-14(5-7-15)12-20(16-8-9-16)17-18-10-3-11-19-17/h3-7,10-11,13,16H,8-9,12H2,1-2H3. The molecule has 104 valence electrons. The summed E-state index contributed by atoms with van der Waals surface area (Å²) in [5, 5.41) is 0. The highest BCUT2D eigenvalue weighted by Crippen LogP contribution is 2.31. The van der Waals surface area contributed by atoms with Crippen LogP contribution in [-0.4, -0.2) is 16.0 Å². The van der Waals surface area contributed by atoms with Crippen molar-refractivity contribution in [3.8, 4) is 0 Å². The summed E-state index contributed by atoms with van der Waals surface area (Å²) in [5.74, 6) is 1.43. The predicted molar refractivity (Wildman–Crippen MR) is 81.8 cm³/mol. The van der Waals surface area contributed by atoms with Gasteiger partial charge < -0.3 is 4.90 Å². The molecule has 3 rings (SSSR count). The van der Waals surface area contributed by atoms with E-state index < -0.39 is 0 Å². The van der Waals surface area contributed by atoms with Crippen molar-refractivity contribution < 1.29 is 0 Å². The van der Waals surface area contributed by atoms with Gasteiger partial charge in [-0.15, -0.1) is 0 Å². The molecule has 0 atom stereocenters. The van der Waals surface area contributed by atoms with E-state index in [1.807, 2.05) is 18.5 Å². The summed E-state index contributed by atoms with van der Waals surface area (Å²) in [5.41, 5.74) is 2.72. The number of anilines is 1. The Morgan fingerprint density at radius 3 is 2.30 bits per heavy atom. The third kappa shape index (κ3) is 2.98. The summed E-state index contributed by atoms with van der Waals surface area (Å²) in [4.78, 5) is 11.1. The lowest BCUT2D eigenvalue weighted by molar-refractivity contribution is 0.757. The fourth-order valence-corrected chi connectivity index (χ4v) is 2.39. The van der Waals surface area contributed by atoms with E-state index in [1.54, 1.807) is 0 Å². The van der Waals surface area contributed by atoms with Crippen LogP contribution in [0.4, 0.5) is 5.95 Å². The van der Waals surface area contributed by atoms with Gasteiger partial charge >= 0.3 is 0 Å². The second kappa shape index (κ2) is 5.61. The number of aromatic nitrogens is 2. The first-order valence-corrected chi connectivity index (χ1v) is 7.36. The largest absolute Gasteiger partial charge is 0.334 e. The minimum atomic E-state index is 0.584. The molecule has 0 spiro atoms. The average Bonchev–Trinajstić information content (AvgIpc) is 3.31. The number of benzene rings is 1. The molecule has 0 unspecified atom stereocenters. The van der Waals surface area contributed by atoms with Crippen LogP contribution in [0.3, 0.4) is 0 Å². The van der Waals surface area contributed by atoms with Gasteiger partial charge in [0, 0.05) is 25.0 Å². The zero-order valence-electron chi connectivity index (χ0n) is 12.2. The number of hydrogen-bond acceptors (Lipinski definition) is 3. The lowest BCUT2D eigenvalue weighted by Crippen LogP contribution is -2.26. The summed E-state index contributed by atoms with van der Waals surface area (Å²) in [7, 11) is 0. The van der Waals surface area contributed by atoms with Gasteiger partial charge in [-0.3, -0.25) is 0 Å². The van der Waals surface area contributed by atoms with E-state index >= 15 is 0 Å². The Balaban J connectivity index is 1.77. The van der Waals surface area contributed by atoms with Crippen molar-refractivity contribution in [2.45, 2.75) is 45.2 Å². The maximum atomic E-state index is 4.40. The zero-order chi connectivity index (χ0) is 13.9. The van der Waals surface area contributed by atoms with Gasteiger partial charge in [0.2, 0.25) is 5.95 Å². The molecule has 0 aliphatic heterocycles. The van der Waals surface area contributed by atoms with Gasteiger partial charge in [-0.25, -0.2) is 9.97 Å². The minimum absolute atomic E-state index is 0.584. The van der Waals surface area contributed by atoms with E-state index in [2.05, 4.69) is 53.0 Å². The van der Waals surface area contributed by atoms with Crippen LogP contribution in [0, 0.1) is 0 Å². The molecule has 2 aromatic rings. The number of rotatable bonds is 5. The van der Waals surface area contributed by atoms with E-state index in [0.717, 1.165) is 12.5 Å². The summed E-state index contributed by atoms with van der Waals surface area (Å²) in [6.07, 6.45) is 6.14.